The van der Waals surface area contributed by atoms with Crippen LogP contribution in [0.15, 0.2) is 47.4 Å². The summed E-state index contributed by atoms with van der Waals surface area (Å²) >= 11 is 6.33. The molecule has 0 radical (unpaired) electrons. The summed E-state index contributed by atoms with van der Waals surface area (Å²) in [5.74, 6) is -0.651. The zero-order valence-corrected chi connectivity index (χ0v) is 18.7. The highest BCUT2D eigenvalue weighted by molar-refractivity contribution is 6.32. The molecule has 33 heavy (non-hydrogen) atoms. The van der Waals surface area contributed by atoms with Gasteiger partial charge in [0, 0.05) is 46.0 Å². The van der Waals surface area contributed by atoms with Gasteiger partial charge in [-0.15, -0.1) is 0 Å². The van der Waals surface area contributed by atoms with Gasteiger partial charge in [0.15, 0.2) is 5.15 Å². The van der Waals surface area contributed by atoms with Crippen LogP contribution in [-0.4, -0.2) is 58.4 Å². The highest BCUT2D eigenvalue weighted by Gasteiger charge is 2.21. The minimum absolute atomic E-state index is 0.245. The summed E-state index contributed by atoms with van der Waals surface area (Å²) in [6.07, 6.45) is 1.69. The molecule has 3 aromatic heterocycles. The third kappa shape index (κ3) is 3.94. The number of piperazine rings is 1. The summed E-state index contributed by atoms with van der Waals surface area (Å²) in [6, 6.07) is 10.2. The maximum Gasteiger partial charge on any atom is 0.272 e. The Bertz CT molecular complexity index is 1420. The van der Waals surface area contributed by atoms with Crippen molar-refractivity contribution in [1.29, 1.82) is 0 Å². The number of hydrogen-bond donors (Lipinski definition) is 2. The topological polar surface area (TPSA) is 85.7 Å². The molecule has 1 aromatic carbocycles. The molecule has 1 saturated heterocycles. The van der Waals surface area contributed by atoms with Gasteiger partial charge in [0.25, 0.3) is 11.5 Å². The number of halogens is 2. The number of pyridine rings is 1. The maximum absolute atomic E-state index is 15.0. The van der Waals surface area contributed by atoms with Crippen LogP contribution in [0.3, 0.4) is 0 Å². The van der Waals surface area contributed by atoms with Crippen LogP contribution in [0.1, 0.15) is 16.1 Å². The molecule has 4 aromatic rings. The van der Waals surface area contributed by atoms with E-state index in [1.165, 1.54) is 6.07 Å². The van der Waals surface area contributed by atoms with Crippen LogP contribution in [-0.2, 0) is 6.54 Å². The Morgan fingerprint density at radius 3 is 2.73 bits per heavy atom. The van der Waals surface area contributed by atoms with Crippen molar-refractivity contribution in [1.82, 2.24) is 24.6 Å². The predicted octanol–water partition coefficient (Wildman–Crippen LogP) is 2.65. The van der Waals surface area contributed by atoms with Gasteiger partial charge in [0.1, 0.15) is 22.5 Å². The Hall–Kier alpha value is -3.43. The molecule has 0 unspecified atom stereocenters. The third-order valence-corrected chi connectivity index (χ3v) is 6.28. The lowest BCUT2D eigenvalue weighted by Crippen LogP contribution is -2.46. The number of carbonyl (C=O) groups is 1. The number of amides is 1. The molecule has 1 aliphatic heterocycles. The van der Waals surface area contributed by atoms with E-state index >= 15 is 0 Å². The van der Waals surface area contributed by atoms with Crippen molar-refractivity contribution in [2.45, 2.75) is 6.54 Å². The first-order valence-electron chi connectivity index (χ1n) is 10.6. The molecule has 0 bridgehead atoms. The Kier molecular flexibility index (Phi) is 5.51. The number of H-pyrrole nitrogens is 1. The van der Waals surface area contributed by atoms with E-state index < -0.39 is 0 Å². The first-order chi connectivity index (χ1) is 15.9. The number of aromatic amines is 1. The molecule has 1 aliphatic rings. The number of carbonyl (C=O) groups excluding carboxylic acids is 1. The number of anilines is 1. The minimum Gasteiger partial charge on any atom is -0.366 e. The Morgan fingerprint density at radius 2 is 2.00 bits per heavy atom. The summed E-state index contributed by atoms with van der Waals surface area (Å²) < 4.78 is 16.5. The van der Waals surface area contributed by atoms with Crippen molar-refractivity contribution in [3.05, 3.63) is 75.2 Å². The summed E-state index contributed by atoms with van der Waals surface area (Å²) in [5.41, 5.74) is 2.88. The van der Waals surface area contributed by atoms with Gasteiger partial charge in [0.2, 0.25) is 0 Å². The standard InChI is InChI=1S/C23H22ClFN6O2/c1-26-22(32)16-4-5-18(21(24)27-16)30-9-7-29(8-10-30)13-14-11-15(25)20-17(12-14)28-23(33)19-3-2-6-31(19)20/h2-6,11-12H,7-10,13H2,1H3,(H,26,32)(H,28,33). The summed E-state index contributed by atoms with van der Waals surface area (Å²) in [5, 5.41) is 2.83. The van der Waals surface area contributed by atoms with E-state index in [-0.39, 0.29) is 23.0 Å². The molecule has 4 heterocycles. The third-order valence-electron chi connectivity index (χ3n) is 6.00. The first kappa shape index (κ1) is 21.4. The molecule has 1 fully saturated rings. The molecule has 0 aliphatic carbocycles. The Balaban J connectivity index is 1.31. The van der Waals surface area contributed by atoms with Crippen LogP contribution in [0, 0.1) is 5.82 Å². The number of nitrogens with zero attached hydrogens (tertiary/aromatic N) is 4. The molecule has 10 heteroatoms. The van der Waals surface area contributed by atoms with E-state index in [9.17, 15) is 14.0 Å². The van der Waals surface area contributed by atoms with Gasteiger partial charge in [-0.25, -0.2) is 9.37 Å². The SMILES string of the molecule is CNC(=O)c1ccc(N2CCN(Cc3cc(F)c4c(c3)[nH]c(=O)c3cccn34)CC2)c(Cl)n1. The second-order valence-corrected chi connectivity index (χ2v) is 8.40. The maximum atomic E-state index is 15.0. The number of benzene rings is 1. The van der Waals surface area contributed by atoms with E-state index in [1.54, 1.807) is 35.8 Å². The van der Waals surface area contributed by atoms with Gasteiger partial charge >= 0.3 is 0 Å². The first-order valence-corrected chi connectivity index (χ1v) is 11.0. The van der Waals surface area contributed by atoms with Crippen molar-refractivity contribution in [2.75, 3.05) is 38.1 Å². The second-order valence-electron chi connectivity index (χ2n) is 8.04. The zero-order valence-electron chi connectivity index (χ0n) is 17.9. The van der Waals surface area contributed by atoms with Gasteiger partial charge in [-0.3, -0.25) is 14.5 Å². The number of nitrogens with one attached hydrogen (secondary N) is 2. The lowest BCUT2D eigenvalue weighted by molar-refractivity contribution is 0.0958. The monoisotopic (exact) mass is 468 g/mol. The highest BCUT2D eigenvalue weighted by atomic mass is 35.5. The number of fused-ring (bicyclic) bond motifs is 3. The number of hydrogen-bond acceptors (Lipinski definition) is 5. The van der Waals surface area contributed by atoms with Crippen molar-refractivity contribution in [2.24, 2.45) is 0 Å². The van der Waals surface area contributed by atoms with Crippen LogP contribution in [0.5, 0.6) is 0 Å². The molecular weight excluding hydrogens is 447 g/mol. The van der Waals surface area contributed by atoms with Crippen molar-refractivity contribution >= 4 is 39.7 Å². The molecule has 2 N–H and O–H groups in total. The summed E-state index contributed by atoms with van der Waals surface area (Å²) in [4.78, 5) is 35.4. The fourth-order valence-corrected chi connectivity index (χ4v) is 4.63. The molecule has 5 rings (SSSR count). The molecule has 170 valence electrons. The molecule has 1 amide bonds. The lowest BCUT2D eigenvalue weighted by atomic mass is 10.1. The summed E-state index contributed by atoms with van der Waals surface area (Å²) in [7, 11) is 1.55. The van der Waals surface area contributed by atoms with E-state index in [0.29, 0.717) is 28.2 Å². The molecular formula is C23H22ClFN6O2. The summed E-state index contributed by atoms with van der Waals surface area (Å²) in [6.45, 7) is 3.50. The quantitative estimate of drug-likeness (QED) is 0.450. The van der Waals surface area contributed by atoms with E-state index in [2.05, 4.69) is 25.1 Å². The van der Waals surface area contributed by atoms with E-state index in [0.717, 1.165) is 37.4 Å². The van der Waals surface area contributed by atoms with Crippen LogP contribution in [0.4, 0.5) is 10.1 Å². The Morgan fingerprint density at radius 1 is 1.21 bits per heavy atom. The van der Waals surface area contributed by atoms with Gasteiger partial charge < -0.3 is 19.6 Å². The van der Waals surface area contributed by atoms with Crippen molar-refractivity contribution in [3.63, 3.8) is 0 Å². The van der Waals surface area contributed by atoms with Crippen LogP contribution < -0.4 is 15.8 Å². The van der Waals surface area contributed by atoms with Crippen LogP contribution >= 0.6 is 11.6 Å². The average Bonchev–Trinajstić information content (AvgIpc) is 3.29. The van der Waals surface area contributed by atoms with E-state index in [4.69, 9.17) is 11.6 Å². The van der Waals surface area contributed by atoms with Crippen molar-refractivity contribution < 1.29 is 9.18 Å². The van der Waals surface area contributed by atoms with Gasteiger partial charge in [-0.1, -0.05) is 11.6 Å². The van der Waals surface area contributed by atoms with Gasteiger partial charge in [-0.2, -0.15) is 0 Å². The zero-order chi connectivity index (χ0) is 23.1. The minimum atomic E-state index is -0.368. The average molecular weight is 469 g/mol. The molecule has 0 saturated carbocycles. The number of aromatic nitrogens is 3. The van der Waals surface area contributed by atoms with Crippen LogP contribution in [0.25, 0.3) is 16.6 Å². The van der Waals surface area contributed by atoms with Gasteiger partial charge in [-0.05, 0) is 42.0 Å². The lowest BCUT2D eigenvalue weighted by Gasteiger charge is -2.36. The largest absolute Gasteiger partial charge is 0.366 e. The highest BCUT2D eigenvalue weighted by Crippen LogP contribution is 2.26. The van der Waals surface area contributed by atoms with Crippen molar-refractivity contribution in [3.8, 4) is 0 Å². The molecule has 8 nitrogen and oxygen atoms in total. The Labute approximate surface area is 193 Å². The predicted molar refractivity (Wildman–Crippen MR) is 126 cm³/mol. The second kappa shape index (κ2) is 8.49. The van der Waals surface area contributed by atoms with E-state index in [1.807, 2.05) is 12.1 Å². The number of rotatable bonds is 4. The smallest absolute Gasteiger partial charge is 0.272 e. The van der Waals surface area contributed by atoms with Crippen LogP contribution in [0.2, 0.25) is 5.15 Å². The normalized spacial score (nSPS) is 14.8. The fourth-order valence-electron chi connectivity index (χ4n) is 4.36. The molecule has 0 spiro atoms. The molecule has 0 atom stereocenters. The van der Waals surface area contributed by atoms with Gasteiger partial charge in [0.05, 0.1) is 11.2 Å². The fraction of sp³-hybridized carbons (Fsp3) is 0.261.